The molecule has 1 aliphatic rings. The molecule has 1 saturated heterocycles. The Balaban J connectivity index is 2.34. The molecule has 0 spiro atoms. The molecule has 4 nitrogen and oxygen atoms in total. The molecule has 0 aromatic carbocycles. The van der Waals surface area contributed by atoms with Gasteiger partial charge in [0.05, 0.1) is 6.17 Å². The van der Waals surface area contributed by atoms with Crippen molar-refractivity contribution in [1.82, 2.24) is 21.1 Å². The molecule has 1 fully saturated rings. The molecule has 1 heterocycles. The zero-order chi connectivity index (χ0) is 7.40. The summed E-state index contributed by atoms with van der Waals surface area (Å²) in [7, 11) is 3.93. The van der Waals surface area contributed by atoms with Crippen molar-refractivity contribution in [3.8, 4) is 0 Å². The van der Waals surface area contributed by atoms with E-state index in [4.69, 9.17) is 0 Å². The average Bonchev–Trinajstić information content (AvgIpc) is 2.04. The van der Waals surface area contributed by atoms with Gasteiger partial charge in [0.1, 0.15) is 0 Å². The maximum Gasteiger partial charge on any atom is 0.0857 e. The molecule has 60 valence electrons. The Kier molecular flexibility index (Phi) is 3.08. The van der Waals surface area contributed by atoms with Crippen LogP contribution in [0.3, 0.4) is 0 Å². The van der Waals surface area contributed by atoms with Gasteiger partial charge in [0.2, 0.25) is 0 Å². The number of nitrogens with one attached hydrogen (secondary N) is 3. The van der Waals surface area contributed by atoms with Gasteiger partial charge < -0.3 is 10.6 Å². The van der Waals surface area contributed by atoms with Crippen LogP contribution in [0.2, 0.25) is 0 Å². The standard InChI is InChI=1S/C6H16N4/c1-7-6-5-9-3-4-10(6)8-2/h6-9H,3-5H2,1-2H3/t6-/m1/s1. The first-order chi connectivity index (χ1) is 4.88. The van der Waals surface area contributed by atoms with Crippen LogP contribution in [0, 0.1) is 0 Å². The Labute approximate surface area is 61.9 Å². The SMILES string of the molecule is CN[C@H]1CNCCN1NC. The summed E-state index contributed by atoms with van der Waals surface area (Å²) in [4.78, 5) is 0. The molecule has 0 aliphatic carbocycles. The molecule has 1 rings (SSSR count). The third-order valence-electron chi connectivity index (χ3n) is 1.86. The van der Waals surface area contributed by atoms with E-state index in [0.29, 0.717) is 6.17 Å². The number of rotatable bonds is 2. The molecule has 0 bridgehead atoms. The lowest BCUT2D eigenvalue weighted by Gasteiger charge is -2.34. The molecule has 10 heavy (non-hydrogen) atoms. The Bertz CT molecular complexity index is 83.7. The van der Waals surface area contributed by atoms with Crippen molar-refractivity contribution in [3.05, 3.63) is 0 Å². The highest BCUT2D eigenvalue weighted by atomic mass is 15.6. The maximum absolute atomic E-state index is 3.31. The zero-order valence-corrected chi connectivity index (χ0v) is 6.65. The first-order valence-corrected chi connectivity index (χ1v) is 3.70. The molecule has 0 aromatic rings. The second kappa shape index (κ2) is 3.88. The summed E-state index contributed by atoms with van der Waals surface area (Å²) in [6.45, 7) is 3.14. The molecule has 0 saturated carbocycles. The van der Waals surface area contributed by atoms with Crippen LogP contribution in [0.5, 0.6) is 0 Å². The number of hydrogen-bond donors (Lipinski definition) is 3. The lowest BCUT2D eigenvalue weighted by Crippen LogP contribution is -2.60. The first-order valence-electron chi connectivity index (χ1n) is 3.70. The van der Waals surface area contributed by atoms with Crippen molar-refractivity contribution in [1.29, 1.82) is 0 Å². The predicted octanol–water partition coefficient (Wildman–Crippen LogP) is -1.43. The molecule has 0 unspecified atom stereocenters. The van der Waals surface area contributed by atoms with Crippen LogP contribution in [-0.4, -0.2) is 44.9 Å². The number of likely N-dealkylation sites (N-methyl/N-ethyl adjacent to an activating group) is 1. The highest BCUT2D eigenvalue weighted by Gasteiger charge is 2.17. The van der Waals surface area contributed by atoms with E-state index in [1.807, 2.05) is 14.1 Å². The van der Waals surface area contributed by atoms with Crippen LogP contribution in [-0.2, 0) is 0 Å². The Morgan fingerprint density at radius 1 is 1.50 bits per heavy atom. The minimum atomic E-state index is 0.429. The summed E-state index contributed by atoms with van der Waals surface area (Å²) in [5.41, 5.74) is 3.14. The van der Waals surface area contributed by atoms with Crippen molar-refractivity contribution in [3.63, 3.8) is 0 Å². The second-order valence-corrected chi connectivity index (χ2v) is 2.43. The average molecular weight is 144 g/mol. The Morgan fingerprint density at radius 3 is 2.80 bits per heavy atom. The molecule has 0 amide bonds. The molecule has 4 heteroatoms. The van der Waals surface area contributed by atoms with Crippen molar-refractivity contribution >= 4 is 0 Å². The molecule has 3 N–H and O–H groups in total. The van der Waals surface area contributed by atoms with Gasteiger partial charge in [-0.05, 0) is 14.1 Å². The summed E-state index contributed by atoms with van der Waals surface area (Å²) in [6.07, 6.45) is 0.429. The maximum atomic E-state index is 3.31. The van der Waals surface area contributed by atoms with Gasteiger partial charge in [-0.1, -0.05) is 0 Å². The van der Waals surface area contributed by atoms with E-state index in [9.17, 15) is 0 Å². The molecular weight excluding hydrogens is 128 g/mol. The molecule has 1 atom stereocenters. The highest BCUT2D eigenvalue weighted by molar-refractivity contribution is 4.72. The van der Waals surface area contributed by atoms with Gasteiger partial charge in [-0.2, -0.15) is 0 Å². The number of hydrogen-bond acceptors (Lipinski definition) is 4. The van der Waals surface area contributed by atoms with Crippen LogP contribution in [0.1, 0.15) is 0 Å². The van der Waals surface area contributed by atoms with E-state index in [1.165, 1.54) is 0 Å². The lowest BCUT2D eigenvalue weighted by atomic mass is 10.3. The Hall–Kier alpha value is -0.160. The van der Waals surface area contributed by atoms with Crippen molar-refractivity contribution < 1.29 is 0 Å². The summed E-state index contributed by atoms with van der Waals surface area (Å²) < 4.78 is 0. The van der Waals surface area contributed by atoms with Gasteiger partial charge in [-0.15, -0.1) is 0 Å². The topological polar surface area (TPSA) is 39.3 Å². The Morgan fingerprint density at radius 2 is 2.30 bits per heavy atom. The fraction of sp³-hybridized carbons (Fsp3) is 1.00. The van der Waals surface area contributed by atoms with Crippen LogP contribution in [0.4, 0.5) is 0 Å². The minimum Gasteiger partial charge on any atom is -0.312 e. The summed E-state index contributed by atoms with van der Waals surface area (Å²) in [5, 5.41) is 8.70. The van der Waals surface area contributed by atoms with E-state index >= 15 is 0 Å². The van der Waals surface area contributed by atoms with Gasteiger partial charge in [0.25, 0.3) is 0 Å². The third-order valence-corrected chi connectivity index (χ3v) is 1.86. The molecule has 0 aromatic heterocycles. The fourth-order valence-electron chi connectivity index (χ4n) is 1.23. The van der Waals surface area contributed by atoms with Crippen LogP contribution >= 0.6 is 0 Å². The highest BCUT2D eigenvalue weighted by Crippen LogP contribution is 1.93. The van der Waals surface area contributed by atoms with Gasteiger partial charge >= 0.3 is 0 Å². The molecular formula is C6H16N4. The van der Waals surface area contributed by atoms with Gasteiger partial charge in [-0.25, -0.2) is 5.01 Å². The second-order valence-electron chi connectivity index (χ2n) is 2.43. The first kappa shape index (κ1) is 7.94. The lowest BCUT2D eigenvalue weighted by molar-refractivity contribution is 0.0928. The third kappa shape index (κ3) is 1.67. The molecule has 0 radical (unpaired) electrons. The summed E-state index contributed by atoms with van der Waals surface area (Å²) in [6, 6.07) is 0. The van der Waals surface area contributed by atoms with E-state index in [0.717, 1.165) is 19.6 Å². The number of nitrogens with zero attached hydrogens (tertiary/aromatic N) is 1. The number of hydrazine groups is 1. The van der Waals surface area contributed by atoms with E-state index < -0.39 is 0 Å². The van der Waals surface area contributed by atoms with Gasteiger partial charge in [0.15, 0.2) is 0 Å². The van der Waals surface area contributed by atoms with Crippen LogP contribution < -0.4 is 16.1 Å². The smallest absolute Gasteiger partial charge is 0.0857 e. The van der Waals surface area contributed by atoms with E-state index in [2.05, 4.69) is 21.1 Å². The van der Waals surface area contributed by atoms with Crippen molar-refractivity contribution in [2.75, 3.05) is 33.7 Å². The van der Waals surface area contributed by atoms with Crippen molar-refractivity contribution in [2.45, 2.75) is 6.17 Å². The fourth-order valence-corrected chi connectivity index (χ4v) is 1.23. The van der Waals surface area contributed by atoms with Crippen LogP contribution in [0.25, 0.3) is 0 Å². The van der Waals surface area contributed by atoms with Gasteiger partial charge in [-0.3, -0.25) is 5.43 Å². The minimum absolute atomic E-state index is 0.429. The predicted molar refractivity (Wildman–Crippen MR) is 41.5 cm³/mol. The number of piperazine rings is 1. The van der Waals surface area contributed by atoms with E-state index in [1.54, 1.807) is 0 Å². The normalized spacial score (nSPS) is 28.8. The van der Waals surface area contributed by atoms with E-state index in [-0.39, 0.29) is 0 Å². The molecule has 1 aliphatic heterocycles. The summed E-state index contributed by atoms with van der Waals surface area (Å²) in [5.74, 6) is 0. The van der Waals surface area contributed by atoms with Crippen molar-refractivity contribution in [2.24, 2.45) is 0 Å². The summed E-state index contributed by atoms with van der Waals surface area (Å²) >= 11 is 0. The van der Waals surface area contributed by atoms with Crippen LogP contribution in [0.15, 0.2) is 0 Å². The monoisotopic (exact) mass is 144 g/mol. The zero-order valence-electron chi connectivity index (χ0n) is 6.65. The largest absolute Gasteiger partial charge is 0.312 e. The quantitative estimate of drug-likeness (QED) is 0.444. The van der Waals surface area contributed by atoms with Gasteiger partial charge in [0, 0.05) is 19.6 Å².